The van der Waals surface area contributed by atoms with Crippen LogP contribution in [-0.2, 0) is 16.4 Å². The molecule has 0 saturated carbocycles. The van der Waals surface area contributed by atoms with Crippen molar-refractivity contribution in [2.24, 2.45) is 10.1 Å². The fourth-order valence-corrected chi connectivity index (χ4v) is 4.78. The maximum atomic E-state index is 13.3. The number of fused-ring (bicyclic) bond motifs is 1. The molecule has 0 bridgehead atoms. The smallest absolute Gasteiger partial charge is 0.282 e. The highest BCUT2D eigenvalue weighted by Gasteiger charge is 2.19. The largest absolute Gasteiger partial charge is 0.292 e. The monoisotopic (exact) mass is 455 g/mol. The molecule has 10 heteroatoms. The fourth-order valence-electron chi connectivity index (χ4n) is 3.34. The van der Waals surface area contributed by atoms with Crippen molar-refractivity contribution < 1.29 is 8.42 Å². The average Bonchev–Trinajstić information content (AvgIpc) is 3.28. The fraction of sp³-hybridized carbons (Fsp3) is 0.190. The number of benzene rings is 2. The molecule has 0 aliphatic heterocycles. The number of aromatic amines is 1. The number of nitrogens with two attached hydrogens (primary N) is 1. The number of thiazole rings is 1. The Kier molecular flexibility index (Phi) is 5.61. The van der Waals surface area contributed by atoms with Gasteiger partial charge in [0, 0.05) is 5.69 Å². The third kappa shape index (κ3) is 4.22. The maximum absolute atomic E-state index is 13.3. The highest BCUT2D eigenvalue weighted by Crippen LogP contribution is 2.24. The number of nitrogens with one attached hydrogen (secondary N) is 1. The molecule has 3 N–H and O–H groups in total. The minimum atomic E-state index is -3.77. The van der Waals surface area contributed by atoms with Gasteiger partial charge in [0.2, 0.25) is 15.2 Å². The number of aryl methyl sites for hydroxylation is 1. The first-order valence-corrected chi connectivity index (χ1v) is 12.0. The molecule has 8 nitrogen and oxygen atoms in total. The van der Waals surface area contributed by atoms with Crippen LogP contribution in [0.25, 0.3) is 15.3 Å². The molecule has 0 saturated heterocycles. The summed E-state index contributed by atoms with van der Waals surface area (Å²) in [6.07, 6.45) is 1.53. The highest BCUT2D eigenvalue weighted by atomic mass is 32.2. The van der Waals surface area contributed by atoms with Crippen LogP contribution in [0.3, 0.4) is 0 Å². The Morgan fingerprint density at radius 2 is 1.90 bits per heavy atom. The number of aromatic nitrogens is 3. The summed E-state index contributed by atoms with van der Waals surface area (Å²) in [7, 11) is -3.77. The summed E-state index contributed by atoms with van der Waals surface area (Å²) < 4.78 is 25.3. The van der Waals surface area contributed by atoms with Gasteiger partial charge in [0.15, 0.2) is 0 Å². The van der Waals surface area contributed by atoms with E-state index in [2.05, 4.69) is 15.1 Å². The van der Waals surface area contributed by atoms with Gasteiger partial charge in [0.25, 0.3) is 5.56 Å². The van der Waals surface area contributed by atoms with Crippen LogP contribution >= 0.6 is 11.3 Å². The van der Waals surface area contributed by atoms with E-state index in [9.17, 15) is 13.2 Å². The zero-order valence-electron chi connectivity index (χ0n) is 17.0. The number of H-pyrrole nitrogens is 1. The minimum absolute atomic E-state index is 0.00983. The van der Waals surface area contributed by atoms with Crippen molar-refractivity contribution in [2.75, 3.05) is 0 Å². The lowest BCUT2D eigenvalue weighted by atomic mass is 10.1. The van der Waals surface area contributed by atoms with Crippen LogP contribution in [0.2, 0.25) is 0 Å². The molecule has 2 aromatic heterocycles. The molecular formula is C21H21N5O3S2. The molecule has 2 aromatic carbocycles. The lowest BCUT2D eigenvalue weighted by Gasteiger charge is -2.02. The summed E-state index contributed by atoms with van der Waals surface area (Å²) in [5.74, 6) is 0. The summed E-state index contributed by atoms with van der Waals surface area (Å²) in [5.41, 5.74) is 2.96. The Morgan fingerprint density at radius 1 is 1.19 bits per heavy atom. The van der Waals surface area contributed by atoms with E-state index in [0.717, 1.165) is 22.3 Å². The van der Waals surface area contributed by atoms with Gasteiger partial charge in [-0.2, -0.15) is 4.68 Å². The van der Waals surface area contributed by atoms with E-state index in [1.54, 1.807) is 19.1 Å². The number of sulfonamides is 1. The van der Waals surface area contributed by atoms with Crippen LogP contribution in [-0.4, -0.2) is 28.9 Å². The third-order valence-corrected chi connectivity index (χ3v) is 6.71. The third-order valence-electron chi connectivity index (χ3n) is 4.76. The molecule has 0 radical (unpaired) electrons. The number of primary sulfonamides is 1. The normalized spacial score (nSPS) is 12.5. The molecule has 0 amide bonds. The van der Waals surface area contributed by atoms with Gasteiger partial charge in [-0.05, 0) is 49.7 Å². The molecule has 31 heavy (non-hydrogen) atoms. The van der Waals surface area contributed by atoms with Crippen molar-refractivity contribution in [3.63, 3.8) is 0 Å². The number of nitrogens with zero attached hydrogens (tertiary/aromatic N) is 3. The Bertz CT molecular complexity index is 1410. The SMILES string of the molecule is CCCc1[nH]n(-c2nc3ccccc3s2)c(=O)c1C(C)=Nc1ccc(S(N)(=O)=O)cc1. The van der Waals surface area contributed by atoms with E-state index in [4.69, 9.17) is 5.14 Å². The van der Waals surface area contributed by atoms with Crippen LogP contribution < -0.4 is 10.7 Å². The van der Waals surface area contributed by atoms with Crippen LogP contribution in [0, 0.1) is 0 Å². The molecule has 0 unspecified atom stereocenters. The minimum Gasteiger partial charge on any atom is -0.292 e. The first-order valence-electron chi connectivity index (χ1n) is 9.66. The molecule has 4 rings (SSSR count). The number of rotatable bonds is 6. The van der Waals surface area contributed by atoms with Gasteiger partial charge in [-0.3, -0.25) is 14.9 Å². The van der Waals surface area contributed by atoms with Crippen molar-refractivity contribution >= 4 is 43.0 Å². The van der Waals surface area contributed by atoms with Crippen LogP contribution in [0.1, 0.15) is 31.5 Å². The van der Waals surface area contributed by atoms with E-state index in [0.29, 0.717) is 28.5 Å². The molecular weight excluding hydrogens is 434 g/mol. The van der Waals surface area contributed by atoms with Crippen molar-refractivity contribution in [1.29, 1.82) is 0 Å². The van der Waals surface area contributed by atoms with Gasteiger partial charge in [-0.15, -0.1) is 0 Å². The van der Waals surface area contributed by atoms with Gasteiger partial charge >= 0.3 is 0 Å². The van der Waals surface area contributed by atoms with Gasteiger partial charge < -0.3 is 0 Å². The second-order valence-electron chi connectivity index (χ2n) is 7.06. The maximum Gasteiger partial charge on any atom is 0.282 e. The molecule has 4 aromatic rings. The molecule has 0 spiro atoms. The quantitative estimate of drug-likeness (QED) is 0.432. The molecule has 160 valence electrons. The summed E-state index contributed by atoms with van der Waals surface area (Å²) >= 11 is 1.44. The van der Waals surface area contributed by atoms with Gasteiger partial charge in [0.05, 0.1) is 32.1 Å². The Balaban J connectivity index is 1.78. The first kappa shape index (κ1) is 21.2. The van der Waals surface area contributed by atoms with Crippen LogP contribution in [0.15, 0.2) is 63.2 Å². The molecule has 0 aliphatic rings. The van der Waals surface area contributed by atoms with E-state index >= 15 is 0 Å². The Hall–Kier alpha value is -3.08. The lowest BCUT2D eigenvalue weighted by molar-refractivity contribution is 0.598. The van der Waals surface area contributed by atoms with E-state index in [1.165, 1.54) is 28.2 Å². The second-order valence-corrected chi connectivity index (χ2v) is 9.63. The van der Waals surface area contributed by atoms with Crippen molar-refractivity contribution in [2.45, 2.75) is 31.6 Å². The van der Waals surface area contributed by atoms with Crippen molar-refractivity contribution in [1.82, 2.24) is 14.8 Å². The van der Waals surface area contributed by atoms with Gasteiger partial charge in [0.1, 0.15) is 0 Å². The van der Waals surface area contributed by atoms with Crippen molar-refractivity contribution in [3.8, 4) is 5.13 Å². The van der Waals surface area contributed by atoms with Crippen molar-refractivity contribution in [3.05, 3.63) is 70.1 Å². The zero-order chi connectivity index (χ0) is 22.2. The average molecular weight is 456 g/mol. The molecule has 0 aliphatic carbocycles. The Labute approximate surface area is 183 Å². The topological polar surface area (TPSA) is 123 Å². The predicted octanol–water partition coefficient (Wildman–Crippen LogP) is 3.52. The number of hydrogen-bond donors (Lipinski definition) is 2. The summed E-state index contributed by atoms with van der Waals surface area (Å²) in [6.45, 7) is 3.80. The van der Waals surface area contributed by atoms with Gasteiger partial charge in [-0.1, -0.05) is 36.8 Å². The van der Waals surface area contributed by atoms with E-state index in [-0.39, 0.29) is 10.5 Å². The summed E-state index contributed by atoms with van der Waals surface area (Å²) in [6, 6.07) is 13.6. The molecule has 0 fully saturated rings. The number of para-hydroxylation sites is 1. The van der Waals surface area contributed by atoms with E-state index < -0.39 is 10.0 Å². The molecule has 0 atom stereocenters. The predicted molar refractivity (Wildman–Crippen MR) is 123 cm³/mol. The second kappa shape index (κ2) is 8.22. The van der Waals surface area contributed by atoms with Gasteiger partial charge in [-0.25, -0.2) is 18.5 Å². The van der Waals surface area contributed by atoms with Crippen LogP contribution in [0.5, 0.6) is 0 Å². The van der Waals surface area contributed by atoms with Crippen LogP contribution in [0.4, 0.5) is 5.69 Å². The molecule has 2 heterocycles. The Morgan fingerprint density at radius 3 is 2.55 bits per heavy atom. The summed E-state index contributed by atoms with van der Waals surface area (Å²) in [4.78, 5) is 22.4. The van der Waals surface area contributed by atoms with E-state index in [1.807, 2.05) is 31.2 Å². The first-order chi connectivity index (χ1) is 14.8. The summed E-state index contributed by atoms with van der Waals surface area (Å²) in [5, 5.41) is 8.91. The standard InChI is InChI=1S/C21H21N5O3S2/c1-3-6-17-19(13(2)23-14-9-11-15(12-10-14)31(22,28)29)20(27)26(25-17)21-24-16-7-4-5-8-18(16)30-21/h4-5,7-12,25H,3,6H2,1-2H3,(H2,22,28,29). The number of aliphatic imine (C=N–C) groups is 1. The lowest BCUT2D eigenvalue weighted by Crippen LogP contribution is -2.19. The zero-order valence-corrected chi connectivity index (χ0v) is 18.6. The number of hydrogen-bond acceptors (Lipinski definition) is 6. The highest BCUT2D eigenvalue weighted by molar-refractivity contribution is 7.89.